The number of amides is 1. The van der Waals surface area contributed by atoms with Crippen LogP contribution in [0.2, 0.25) is 0 Å². The summed E-state index contributed by atoms with van der Waals surface area (Å²) in [5.41, 5.74) is 1.42. The summed E-state index contributed by atoms with van der Waals surface area (Å²) >= 11 is 0. The van der Waals surface area contributed by atoms with Gasteiger partial charge in [-0.05, 0) is 59.6 Å². The molecule has 3 aromatic rings. The summed E-state index contributed by atoms with van der Waals surface area (Å²) in [5, 5.41) is 10.8. The molecule has 2 heterocycles. The molecule has 1 N–H and O–H groups in total. The zero-order valence-corrected chi connectivity index (χ0v) is 24.8. The predicted molar refractivity (Wildman–Crippen MR) is 145 cm³/mol. The standard InChI is InChI=1S/C25H37N6O7P/c1-10-26-25(32)22-21(24-27-16(5)36-29-24)23(37-28-22)18-12-17(15(3)4)20(13-19(18)35-14-34-11-2)38-39(33,30(6)7)31(8)9/h12-13,15H,10-11,14H2,1-9H3,(H,26,32). The minimum absolute atomic E-state index is 0.000418. The molecule has 0 aliphatic heterocycles. The van der Waals surface area contributed by atoms with Gasteiger partial charge >= 0.3 is 7.67 Å². The SMILES string of the molecule is CCNC(=O)c1noc(-c2cc(C(C)C)c(OP(=O)(N(C)C)N(C)C)cc2OCOCC)c1-c1noc(C)n1. The van der Waals surface area contributed by atoms with Gasteiger partial charge < -0.3 is 28.4 Å². The number of benzene rings is 1. The Hall–Kier alpha value is -3.25. The number of aromatic nitrogens is 3. The number of carbonyl (C=O) groups is 1. The lowest BCUT2D eigenvalue weighted by Crippen LogP contribution is -2.25. The van der Waals surface area contributed by atoms with Crippen LogP contribution in [0.15, 0.2) is 21.2 Å². The molecule has 0 bridgehead atoms. The van der Waals surface area contributed by atoms with E-state index < -0.39 is 13.6 Å². The third-order valence-corrected chi connectivity index (χ3v) is 8.16. The summed E-state index contributed by atoms with van der Waals surface area (Å²) in [6.07, 6.45) is 0. The van der Waals surface area contributed by atoms with Crippen molar-refractivity contribution in [2.75, 3.05) is 48.1 Å². The monoisotopic (exact) mass is 564 g/mol. The van der Waals surface area contributed by atoms with Gasteiger partial charge in [0.2, 0.25) is 11.7 Å². The second-order valence-electron chi connectivity index (χ2n) is 9.30. The summed E-state index contributed by atoms with van der Waals surface area (Å²) in [4.78, 5) is 17.2. The first-order valence-corrected chi connectivity index (χ1v) is 14.1. The van der Waals surface area contributed by atoms with Crippen LogP contribution in [-0.2, 0) is 9.30 Å². The average Bonchev–Trinajstić information content (AvgIpc) is 3.50. The summed E-state index contributed by atoms with van der Waals surface area (Å²) in [6, 6.07) is 3.44. The van der Waals surface area contributed by atoms with E-state index in [1.165, 1.54) is 9.34 Å². The van der Waals surface area contributed by atoms with E-state index in [1.807, 2.05) is 20.8 Å². The van der Waals surface area contributed by atoms with E-state index in [-0.39, 0.29) is 35.6 Å². The minimum atomic E-state index is -3.40. The minimum Gasteiger partial charge on any atom is -0.467 e. The highest BCUT2D eigenvalue weighted by molar-refractivity contribution is 7.54. The number of ether oxygens (including phenoxy) is 2. The molecule has 0 aliphatic carbocycles. The molecule has 0 saturated carbocycles. The van der Waals surface area contributed by atoms with Gasteiger partial charge in [0, 0.05) is 26.1 Å². The summed E-state index contributed by atoms with van der Waals surface area (Å²) in [6.45, 7) is 9.98. The van der Waals surface area contributed by atoms with E-state index in [0.29, 0.717) is 36.1 Å². The summed E-state index contributed by atoms with van der Waals surface area (Å²) in [7, 11) is 3.35. The van der Waals surface area contributed by atoms with Crippen LogP contribution in [0.25, 0.3) is 22.7 Å². The van der Waals surface area contributed by atoms with Gasteiger partial charge in [-0.1, -0.05) is 24.2 Å². The fourth-order valence-corrected chi connectivity index (χ4v) is 5.18. The van der Waals surface area contributed by atoms with E-state index in [4.69, 9.17) is 23.0 Å². The van der Waals surface area contributed by atoms with E-state index >= 15 is 0 Å². The number of aryl methyl sites for hydroxylation is 1. The quantitative estimate of drug-likeness (QED) is 0.176. The van der Waals surface area contributed by atoms with E-state index in [1.54, 1.807) is 54.2 Å². The van der Waals surface area contributed by atoms with Crippen LogP contribution in [-0.4, -0.2) is 78.7 Å². The molecular weight excluding hydrogens is 527 g/mol. The summed E-state index contributed by atoms with van der Waals surface area (Å²) in [5.74, 6) is 0.792. The van der Waals surface area contributed by atoms with Gasteiger partial charge in [-0.25, -0.2) is 13.9 Å². The van der Waals surface area contributed by atoms with Crippen molar-refractivity contribution in [2.24, 2.45) is 0 Å². The molecule has 1 amide bonds. The fourth-order valence-electron chi connectivity index (χ4n) is 3.72. The van der Waals surface area contributed by atoms with Crippen LogP contribution < -0.4 is 14.6 Å². The van der Waals surface area contributed by atoms with Gasteiger partial charge in [0.25, 0.3) is 5.91 Å². The van der Waals surface area contributed by atoms with Crippen molar-refractivity contribution in [2.45, 2.75) is 40.5 Å². The first-order chi connectivity index (χ1) is 18.4. The normalized spacial score (nSPS) is 12.0. The van der Waals surface area contributed by atoms with E-state index in [9.17, 15) is 9.36 Å². The van der Waals surface area contributed by atoms with Crippen LogP contribution in [0.5, 0.6) is 11.5 Å². The van der Waals surface area contributed by atoms with Crippen molar-refractivity contribution in [1.29, 1.82) is 0 Å². The van der Waals surface area contributed by atoms with E-state index in [0.717, 1.165) is 5.56 Å². The molecule has 214 valence electrons. The molecule has 0 radical (unpaired) electrons. The molecule has 0 fully saturated rings. The molecule has 0 aliphatic rings. The Bertz CT molecular complexity index is 1320. The molecule has 14 heteroatoms. The number of nitrogens with zero attached hydrogens (tertiary/aromatic N) is 5. The second-order valence-corrected chi connectivity index (χ2v) is 12.1. The number of rotatable bonds is 13. The molecular formula is C25H37N6O7P. The van der Waals surface area contributed by atoms with Crippen LogP contribution in [0, 0.1) is 6.92 Å². The van der Waals surface area contributed by atoms with Crippen LogP contribution in [0.3, 0.4) is 0 Å². The van der Waals surface area contributed by atoms with E-state index in [2.05, 4.69) is 20.6 Å². The van der Waals surface area contributed by atoms with Crippen molar-refractivity contribution < 1.29 is 32.4 Å². The predicted octanol–water partition coefficient (Wildman–Crippen LogP) is 4.56. The number of hydrogen-bond donors (Lipinski definition) is 1. The Labute approximate surface area is 228 Å². The molecule has 39 heavy (non-hydrogen) atoms. The van der Waals surface area contributed by atoms with Gasteiger partial charge in [-0.2, -0.15) is 4.98 Å². The topological polar surface area (TPSA) is 145 Å². The Morgan fingerprint density at radius 2 is 1.77 bits per heavy atom. The maximum absolute atomic E-state index is 13.7. The molecule has 1 aromatic carbocycles. The number of nitrogens with one attached hydrogen (secondary N) is 1. The van der Waals surface area contributed by atoms with Gasteiger partial charge in [-0.15, -0.1) is 0 Å². The zero-order valence-electron chi connectivity index (χ0n) is 23.9. The smallest absolute Gasteiger partial charge is 0.394 e. The highest BCUT2D eigenvalue weighted by Gasteiger charge is 2.34. The Morgan fingerprint density at radius 3 is 2.31 bits per heavy atom. The highest BCUT2D eigenvalue weighted by atomic mass is 31.2. The number of carbonyl (C=O) groups excluding carboxylic acids is 1. The van der Waals surface area contributed by atoms with Gasteiger partial charge in [0.05, 0.1) is 5.56 Å². The molecule has 13 nitrogen and oxygen atoms in total. The van der Waals surface area contributed by atoms with Crippen molar-refractivity contribution in [3.8, 4) is 34.2 Å². The van der Waals surface area contributed by atoms with Crippen molar-refractivity contribution in [3.63, 3.8) is 0 Å². The summed E-state index contributed by atoms with van der Waals surface area (Å²) < 4.78 is 45.3. The van der Waals surface area contributed by atoms with Gasteiger partial charge in [-0.3, -0.25) is 4.79 Å². The fraction of sp³-hybridized carbons (Fsp3) is 0.520. The lowest BCUT2D eigenvalue weighted by molar-refractivity contribution is 0.0226. The molecule has 0 spiro atoms. The third kappa shape index (κ3) is 6.50. The van der Waals surface area contributed by atoms with Gasteiger partial charge in [0.15, 0.2) is 18.2 Å². The first kappa shape index (κ1) is 30.3. The number of hydrogen-bond acceptors (Lipinski definition) is 10. The van der Waals surface area contributed by atoms with Crippen molar-refractivity contribution in [1.82, 2.24) is 30.0 Å². The lowest BCUT2D eigenvalue weighted by Gasteiger charge is -2.31. The van der Waals surface area contributed by atoms with Crippen LogP contribution in [0.1, 0.15) is 55.6 Å². The van der Waals surface area contributed by atoms with Gasteiger partial charge in [0.1, 0.15) is 17.1 Å². The van der Waals surface area contributed by atoms with Crippen molar-refractivity contribution >= 4 is 13.6 Å². The third-order valence-electron chi connectivity index (χ3n) is 5.70. The second kappa shape index (κ2) is 12.7. The zero-order chi connectivity index (χ0) is 28.9. The van der Waals surface area contributed by atoms with Crippen molar-refractivity contribution in [3.05, 3.63) is 29.3 Å². The first-order valence-electron chi connectivity index (χ1n) is 12.6. The Morgan fingerprint density at radius 1 is 1.08 bits per heavy atom. The van der Waals surface area contributed by atoms with Crippen LogP contribution >= 0.6 is 7.67 Å². The molecule has 2 aromatic heterocycles. The maximum Gasteiger partial charge on any atom is 0.394 e. The molecule has 3 rings (SSSR count). The lowest BCUT2D eigenvalue weighted by atomic mass is 9.96. The maximum atomic E-state index is 13.7. The Balaban J connectivity index is 2.30. The van der Waals surface area contributed by atoms with Crippen LogP contribution in [0.4, 0.5) is 0 Å². The Kier molecular flexibility index (Phi) is 9.89. The molecule has 0 saturated heterocycles. The largest absolute Gasteiger partial charge is 0.467 e. The average molecular weight is 565 g/mol. The molecule has 0 atom stereocenters. The highest BCUT2D eigenvalue weighted by Crippen LogP contribution is 2.53. The molecule has 0 unspecified atom stereocenters.